The molecule has 6 rings (SSSR count). The van der Waals surface area contributed by atoms with Crippen LogP contribution in [0, 0.1) is 11.8 Å². The number of fused-ring (bicyclic) bond motifs is 2. The minimum Gasteiger partial charge on any atom is -0.465 e. The molecule has 10 nitrogen and oxygen atoms in total. The number of nitrogens with zero attached hydrogens (tertiary/aromatic N) is 5. The van der Waals surface area contributed by atoms with Crippen LogP contribution in [0.15, 0.2) is 42.6 Å². The van der Waals surface area contributed by atoms with E-state index < -0.39 is 29.9 Å². The lowest BCUT2D eigenvalue weighted by Crippen LogP contribution is -2.35. The molecule has 13 heteroatoms. The Kier molecular flexibility index (Phi) is 6.30. The van der Waals surface area contributed by atoms with Gasteiger partial charge in [-0.15, -0.1) is 0 Å². The number of esters is 2. The summed E-state index contributed by atoms with van der Waals surface area (Å²) in [6.45, 7) is 6.22. The van der Waals surface area contributed by atoms with Crippen LogP contribution in [0.2, 0.25) is 5.28 Å². The number of aromatic nitrogens is 4. The van der Waals surface area contributed by atoms with Crippen LogP contribution < -0.4 is 4.90 Å². The van der Waals surface area contributed by atoms with E-state index >= 15 is 0 Å². The topological polar surface area (TPSA) is 109 Å². The smallest absolute Gasteiger partial charge is 0.338 e. The van der Waals surface area contributed by atoms with Crippen molar-refractivity contribution in [2.45, 2.75) is 44.1 Å². The van der Waals surface area contributed by atoms with Gasteiger partial charge in [0.15, 0.2) is 11.9 Å². The maximum atomic E-state index is 13.9. The number of halogens is 3. The second kappa shape index (κ2) is 9.48. The average molecular weight is 574 g/mol. The molecule has 1 aromatic carbocycles. The third-order valence-electron chi connectivity index (χ3n) is 7.84. The van der Waals surface area contributed by atoms with Crippen molar-refractivity contribution < 1.29 is 32.6 Å². The summed E-state index contributed by atoms with van der Waals surface area (Å²) in [6.07, 6.45) is 0.617. The molecule has 1 aliphatic carbocycles. The van der Waals surface area contributed by atoms with Gasteiger partial charge in [0, 0.05) is 50.4 Å². The van der Waals surface area contributed by atoms with Gasteiger partial charge in [-0.1, -0.05) is 24.8 Å². The zero-order valence-corrected chi connectivity index (χ0v) is 22.5. The van der Waals surface area contributed by atoms with Crippen molar-refractivity contribution in [1.29, 1.82) is 0 Å². The lowest BCUT2D eigenvalue weighted by atomic mass is 9.93. The standard InChI is InChI=1S/C27H26ClF2N5O5/c1-14-8-21(40-27(14,39-15(2)36)20-7-5-4-6-18(20)24(37)38-3)35-23-19(11-31-35)22(32-25(28)33-23)34-12-16-9-26(29,30)10-17(16)13-34/h4-7,11,16-17,21H,1,8-10,12-13H2,2-3H3/t16?,17?,21-,27-/m1/s1. The first-order valence-corrected chi connectivity index (χ1v) is 13.2. The summed E-state index contributed by atoms with van der Waals surface area (Å²) in [5, 5.41) is 5.04. The number of carbonyl (C=O) groups excluding carboxylic acids is 2. The fourth-order valence-electron chi connectivity index (χ4n) is 6.23. The van der Waals surface area contributed by atoms with Crippen LogP contribution >= 0.6 is 11.6 Å². The molecular formula is C27H26ClF2N5O5. The summed E-state index contributed by atoms with van der Waals surface area (Å²) in [6, 6.07) is 6.48. The molecule has 0 radical (unpaired) electrons. The highest BCUT2D eigenvalue weighted by atomic mass is 35.5. The highest BCUT2D eigenvalue weighted by Gasteiger charge is 2.52. The predicted octanol–water partition coefficient (Wildman–Crippen LogP) is 4.64. The van der Waals surface area contributed by atoms with Gasteiger partial charge in [-0.2, -0.15) is 15.1 Å². The Labute approximate surface area is 232 Å². The monoisotopic (exact) mass is 573 g/mol. The number of hydrogen-bond acceptors (Lipinski definition) is 9. The van der Waals surface area contributed by atoms with Crippen molar-refractivity contribution in [3.05, 3.63) is 59.0 Å². The number of methoxy groups -OCH3 is 1. The second-order valence-electron chi connectivity index (χ2n) is 10.5. The van der Waals surface area contributed by atoms with Crippen LogP contribution in [0.4, 0.5) is 14.6 Å². The highest BCUT2D eigenvalue weighted by Crippen LogP contribution is 2.50. The molecule has 210 valence electrons. The number of ether oxygens (including phenoxy) is 3. The fraction of sp³-hybridized carbons (Fsp3) is 0.444. The Balaban J connectivity index is 1.37. The maximum absolute atomic E-state index is 13.9. The van der Waals surface area contributed by atoms with Gasteiger partial charge in [0.2, 0.25) is 11.2 Å². The van der Waals surface area contributed by atoms with Crippen molar-refractivity contribution >= 4 is 40.4 Å². The molecule has 4 atom stereocenters. The molecule has 4 heterocycles. The van der Waals surface area contributed by atoms with E-state index in [9.17, 15) is 18.4 Å². The minimum absolute atomic E-state index is 0.0363. The molecular weight excluding hydrogens is 548 g/mol. The molecule has 1 saturated carbocycles. The van der Waals surface area contributed by atoms with Gasteiger partial charge in [0.1, 0.15) is 5.82 Å². The van der Waals surface area contributed by atoms with E-state index in [2.05, 4.69) is 21.6 Å². The molecule has 3 fully saturated rings. The van der Waals surface area contributed by atoms with Gasteiger partial charge in [-0.25, -0.2) is 18.3 Å². The lowest BCUT2D eigenvalue weighted by molar-refractivity contribution is -0.227. The number of hydrogen-bond donors (Lipinski definition) is 0. The molecule has 3 aromatic rings. The van der Waals surface area contributed by atoms with E-state index in [1.54, 1.807) is 30.5 Å². The molecule has 2 aliphatic heterocycles. The zero-order valence-electron chi connectivity index (χ0n) is 21.8. The molecule has 0 amide bonds. The second-order valence-corrected chi connectivity index (χ2v) is 10.8. The van der Waals surface area contributed by atoms with Crippen molar-refractivity contribution in [2.24, 2.45) is 11.8 Å². The first-order valence-electron chi connectivity index (χ1n) is 12.8. The Hall–Kier alpha value is -3.64. The number of alkyl halides is 2. The van der Waals surface area contributed by atoms with Crippen molar-refractivity contribution in [3.8, 4) is 0 Å². The normalized spacial score (nSPS) is 27.3. The van der Waals surface area contributed by atoms with Crippen molar-refractivity contribution in [1.82, 2.24) is 19.7 Å². The molecule has 3 aliphatic rings. The van der Waals surface area contributed by atoms with E-state index in [0.29, 0.717) is 35.5 Å². The number of anilines is 1. The van der Waals surface area contributed by atoms with Gasteiger partial charge in [0.25, 0.3) is 5.79 Å². The first kappa shape index (κ1) is 26.6. The summed E-state index contributed by atoms with van der Waals surface area (Å²) in [5.74, 6) is -5.46. The summed E-state index contributed by atoms with van der Waals surface area (Å²) < 4.78 is 46.4. The van der Waals surface area contributed by atoms with Gasteiger partial charge in [0.05, 0.1) is 24.3 Å². The molecule has 40 heavy (non-hydrogen) atoms. The SMILES string of the molecule is C=C1C[C@H](n2ncc3c(N4CC5CC(F)(F)CC5C4)nc(Cl)nc32)O[C@@]1(OC(C)=O)c1ccccc1C(=O)OC. The Morgan fingerprint density at radius 1 is 1.18 bits per heavy atom. The van der Waals surface area contributed by atoms with E-state index in [0.717, 1.165) is 0 Å². The van der Waals surface area contributed by atoms with Gasteiger partial charge < -0.3 is 19.1 Å². The van der Waals surface area contributed by atoms with Crippen LogP contribution in [0.5, 0.6) is 0 Å². The van der Waals surface area contributed by atoms with E-state index in [-0.39, 0.29) is 47.5 Å². The van der Waals surface area contributed by atoms with Crippen molar-refractivity contribution in [3.63, 3.8) is 0 Å². The number of carbonyl (C=O) groups is 2. The highest BCUT2D eigenvalue weighted by molar-refractivity contribution is 6.28. The Morgan fingerprint density at radius 2 is 1.88 bits per heavy atom. The van der Waals surface area contributed by atoms with Crippen molar-refractivity contribution in [2.75, 3.05) is 25.1 Å². The first-order chi connectivity index (χ1) is 19.0. The summed E-state index contributed by atoms with van der Waals surface area (Å²) in [4.78, 5) is 35.6. The number of benzene rings is 1. The molecule has 0 N–H and O–H groups in total. The predicted molar refractivity (Wildman–Crippen MR) is 139 cm³/mol. The largest absolute Gasteiger partial charge is 0.465 e. The third kappa shape index (κ3) is 4.29. The van der Waals surface area contributed by atoms with E-state index in [1.807, 2.05) is 4.90 Å². The summed E-state index contributed by atoms with van der Waals surface area (Å²) >= 11 is 6.34. The van der Waals surface area contributed by atoms with E-state index in [1.165, 1.54) is 18.7 Å². The quantitative estimate of drug-likeness (QED) is 0.245. The van der Waals surface area contributed by atoms with Crippen LogP contribution in [0.25, 0.3) is 11.0 Å². The third-order valence-corrected chi connectivity index (χ3v) is 8.01. The molecule has 2 unspecified atom stereocenters. The number of rotatable bonds is 5. The van der Waals surface area contributed by atoms with Gasteiger partial charge in [-0.3, -0.25) is 4.79 Å². The summed E-state index contributed by atoms with van der Waals surface area (Å²) in [5.41, 5.74) is 1.14. The van der Waals surface area contributed by atoms with Gasteiger partial charge in [-0.05, 0) is 29.5 Å². The Bertz CT molecular complexity index is 1530. The minimum atomic E-state index is -2.63. The molecule has 2 saturated heterocycles. The van der Waals surface area contributed by atoms with Gasteiger partial charge >= 0.3 is 11.9 Å². The zero-order chi connectivity index (χ0) is 28.4. The van der Waals surface area contributed by atoms with Crippen LogP contribution in [-0.4, -0.2) is 57.8 Å². The Morgan fingerprint density at radius 3 is 2.55 bits per heavy atom. The van der Waals surface area contributed by atoms with E-state index in [4.69, 9.17) is 25.8 Å². The van der Waals surface area contributed by atoms with Crippen LogP contribution in [0.3, 0.4) is 0 Å². The maximum Gasteiger partial charge on any atom is 0.338 e. The summed E-state index contributed by atoms with van der Waals surface area (Å²) in [7, 11) is 1.25. The molecule has 0 bridgehead atoms. The average Bonchev–Trinajstić information content (AvgIpc) is 3.63. The molecule has 2 aromatic heterocycles. The van der Waals surface area contributed by atoms with Crippen LogP contribution in [-0.2, 0) is 24.8 Å². The molecule has 0 spiro atoms. The van der Waals surface area contributed by atoms with Crippen LogP contribution in [0.1, 0.15) is 48.3 Å². The fourth-order valence-corrected chi connectivity index (χ4v) is 6.39. The lowest BCUT2D eigenvalue weighted by Gasteiger charge is -2.31.